The molecule has 1 heterocycles. The first-order chi connectivity index (χ1) is 30.3. The van der Waals surface area contributed by atoms with Crippen molar-refractivity contribution in [1.29, 1.82) is 0 Å². The number of nitrogens with zero attached hydrogens (tertiary/aromatic N) is 1. The van der Waals surface area contributed by atoms with Crippen molar-refractivity contribution in [2.45, 2.75) is 5.41 Å². The van der Waals surface area contributed by atoms with E-state index in [1.54, 1.807) is 0 Å². The zero-order chi connectivity index (χ0) is 40.3. The minimum absolute atomic E-state index is 0.529. The lowest BCUT2D eigenvalue weighted by atomic mass is 9.68. The van der Waals surface area contributed by atoms with Crippen LogP contribution in [0.1, 0.15) is 22.3 Å². The van der Waals surface area contributed by atoms with Crippen LogP contribution in [0.25, 0.3) is 66.1 Å². The Bertz CT molecular complexity index is 3380. The molecule has 0 spiro atoms. The molecule has 11 aromatic rings. The number of rotatable bonds is 7. The molecule has 10 aromatic carbocycles. The number of anilines is 3. The van der Waals surface area contributed by atoms with Gasteiger partial charge < -0.3 is 9.32 Å². The van der Waals surface area contributed by atoms with Gasteiger partial charge in [-0.3, -0.25) is 0 Å². The summed E-state index contributed by atoms with van der Waals surface area (Å²) < 4.78 is 6.67. The summed E-state index contributed by atoms with van der Waals surface area (Å²) in [7, 11) is 0. The molecule has 61 heavy (non-hydrogen) atoms. The van der Waals surface area contributed by atoms with Crippen LogP contribution in [0.2, 0.25) is 0 Å². The van der Waals surface area contributed by atoms with Crippen molar-refractivity contribution < 1.29 is 4.42 Å². The van der Waals surface area contributed by atoms with E-state index in [2.05, 4.69) is 241 Å². The van der Waals surface area contributed by atoms with Gasteiger partial charge in [0.05, 0.1) is 16.8 Å². The fraction of sp³-hybridized carbons (Fsp3) is 0.0169. The van der Waals surface area contributed by atoms with E-state index < -0.39 is 5.41 Å². The van der Waals surface area contributed by atoms with E-state index in [9.17, 15) is 0 Å². The molecule has 0 radical (unpaired) electrons. The molecular weight excluding hydrogens is 739 g/mol. The normalized spacial score (nSPS) is 12.7. The second-order valence-electron chi connectivity index (χ2n) is 15.9. The van der Waals surface area contributed by atoms with Gasteiger partial charge >= 0.3 is 0 Å². The quantitative estimate of drug-likeness (QED) is 0.160. The minimum atomic E-state index is -0.529. The van der Waals surface area contributed by atoms with Crippen LogP contribution >= 0.6 is 0 Å². The van der Waals surface area contributed by atoms with Gasteiger partial charge in [-0.25, -0.2) is 0 Å². The predicted molar refractivity (Wildman–Crippen MR) is 254 cm³/mol. The molecular formula is C59H39NO. The Morgan fingerprint density at radius 2 is 0.967 bits per heavy atom. The summed E-state index contributed by atoms with van der Waals surface area (Å²) in [5.74, 6) is 0. The highest BCUT2D eigenvalue weighted by atomic mass is 16.3. The van der Waals surface area contributed by atoms with Crippen LogP contribution in [-0.4, -0.2) is 0 Å². The number of para-hydroxylation sites is 1. The van der Waals surface area contributed by atoms with Gasteiger partial charge in [-0.1, -0.05) is 200 Å². The molecule has 0 fully saturated rings. The van der Waals surface area contributed by atoms with Crippen LogP contribution in [0.4, 0.5) is 17.1 Å². The third-order valence-corrected chi connectivity index (χ3v) is 12.7. The zero-order valence-electron chi connectivity index (χ0n) is 33.4. The topological polar surface area (TPSA) is 16.4 Å². The van der Waals surface area contributed by atoms with E-state index in [-0.39, 0.29) is 0 Å². The molecule has 286 valence electrons. The van der Waals surface area contributed by atoms with E-state index in [4.69, 9.17) is 4.42 Å². The summed E-state index contributed by atoms with van der Waals surface area (Å²) in [4.78, 5) is 2.49. The van der Waals surface area contributed by atoms with Crippen LogP contribution in [0.5, 0.6) is 0 Å². The Balaban J connectivity index is 1.14. The van der Waals surface area contributed by atoms with Gasteiger partial charge in [-0.15, -0.1) is 0 Å². The summed E-state index contributed by atoms with van der Waals surface area (Å²) in [5.41, 5.74) is 16.7. The lowest BCUT2D eigenvalue weighted by Crippen LogP contribution is -2.28. The van der Waals surface area contributed by atoms with Gasteiger partial charge in [0.25, 0.3) is 0 Å². The number of hydrogen-bond acceptors (Lipinski definition) is 2. The summed E-state index contributed by atoms with van der Waals surface area (Å²) in [6, 6.07) is 86.0. The first kappa shape index (κ1) is 35.0. The number of benzene rings is 10. The molecule has 0 unspecified atom stereocenters. The molecule has 0 bridgehead atoms. The average Bonchev–Trinajstić information content (AvgIpc) is 3.88. The van der Waals surface area contributed by atoms with Crippen molar-refractivity contribution in [2.24, 2.45) is 0 Å². The van der Waals surface area contributed by atoms with Crippen LogP contribution in [0, 0.1) is 0 Å². The van der Waals surface area contributed by atoms with Gasteiger partial charge in [0.15, 0.2) is 0 Å². The molecule has 1 aliphatic rings. The Morgan fingerprint density at radius 1 is 0.377 bits per heavy atom. The van der Waals surface area contributed by atoms with Gasteiger partial charge in [-0.05, 0) is 86.3 Å². The van der Waals surface area contributed by atoms with Crippen LogP contribution in [0.3, 0.4) is 0 Å². The molecule has 2 heteroatoms. The minimum Gasteiger partial charge on any atom is -0.455 e. The molecule has 2 nitrogen and oxygen atoms in total. The van der Waals surface area contributed by atoms with Crippen LogP contribution < -0.4 is 4.90 Å². The van der Waals surface area contributed by atoms with Gasteiger partial charge in [0.1, 0.15) is 11.2 Å². The highest BCUT2D eigenvalue weighted by Gasteiger charge is 2.47. The highest BCUT2D eigenvalue weighted by Crippen LogP contribution is 2.60. The predicted octanol–water partition coefficient (Wildman–Crippen LogP) is 15.9. The molecule has 1 aromatic heterocycles. The lowest BCUT2D eigenvalue weighted by molar-refractivity contribution is 0.673. The second-order valence-corrected chi connectivity index (χ2v) is 15.9. The fourth-order valence-electron chi connectivity index (χ4n) is 10.2. The molecule has 1 aliphatic carbocycles. The Morgan fingerprint density at radius 3 is 1.77 bits per heavy atom. The van der Waals surface area contributed by atoms with Crippen molar-refractivity contribution >= 4 is 49.8 Å². The van der Waals surface area contributed by atoms with Crippen LogP contribution in [-0.2, 0) is 5.41 Å². The van der Waals surface area contributed by atoms with Crippen molar-refractivity contribution in [2.75, 3.05) is 4.90 Å². The molecule has 0 N–H and O–H groups in total. The second kappa shape index (κ2) is 14.1. The zero-order valence-corrected chi connectivity index (χ0v) is 33.4. The number of hydrogen-bond donors (Lipinski definition) is 0. The van der Waals surface area contributed by atoms with E-state index in [0.29, 0.717) is 0 Å². The molecule has 0 saturated heterocycles. The summed E-state index contributed by atoms with van der Waals surface area (Å²) in [5, 5.41) is 4.55. The van der Waals surface area contributed by atoms with E-state index in [1.165, 1.54) is 38.8 Å². The third-order valence-electron chi connectivity index (χ3n) is 12.7. The third kappa shape index (κ3) is 5.36. The van der Waals surface area contributed by atoms with Gasteiger partial charge in [-0.2, -0.15) is 0 Å². The number of furan rings is 1. The summed E-state index contributed by atoms with van der Waals surface area (Å²) in [6.07, 6.45) is 0. The highest BCUT2D eigenvalue weighted by molar-refractivity contribution is 6.19. The lowest BCUT2D eigenvalue weighted by Gasteiger charge is -2.34. The van der Waals surface area contributed by atoms with E-state index in [1.807, 2.05) is 0 Å². The monoisotopic (exact) mass is 777 g/mol. The van der Waals surface area contributed by atoms with Crippen LogP contribution in [0.15, 0.2) is 241 Å². The standard InChI is InChI=1S/C59H39NO/c1-4-19-40(20-5-1)46-28-13-15-34-53(46)60(45-27-16-22-42(39-45)47-31-17-36-55-56(47)50-38-37-41-21-10-11-29-48(41)58(50)61-55)54-35-18-33-52-57(54)49-30-12-14-32-51(49)59(52,43-23-6-2-7-24-43)44-25-8-3-9-26-44/h1-39H. The maximum Gasteiger partial charge on any atom is 0.143 e. The van der Waals surface area contributed by atoms with Crippen molar-refractivity contribution in [3.8, 4) is 33.4 Å². The summed E-state index contributed by atoms with van der Waals surface area (Å²) in [6.45, 7) is 0. The average molecular weight is 778 g/mol. The smallest absolute Gasteiger partial charge is 0.143 e. The first-order valence-corrected chi connectivity index (χ1v) is 21.0. The Hall–Kier alpha value is -7.94. The number of fused-ring (bicyclic) bond motifs is 8. The van der Waals surface area contributed by atoms with E-state index in [0.717, 1.165) is 66.6 Å². The van der Waals surface area contributed by atoms with Crippen molar-refractivity contribution in [1.82, 2.24) is 0 Å². The van der Waals surface area contributed by atoms with Crippen molar-refractivity contribution in [3.63, 3.8) is 0 Å². The maximum absolute atomic E-state index is 6.67. The molecule has 0 aliphatic heterocycles. The van der Waals surface area contributed by atoms with Crippen molar-refractivity contribution in [3.05, 3.63) is 259 Å². The SMILES string of the molecule is c1ccc(-c2ccccc2N(c2cccc(-c3cccc4oc5c6ccccc6ccc5c34)c2)c2cccc3c2-c2ccccc2C3(c2ccccc2)c2ccccc2)cc1. The summed E-state index contributed by atoms with van der Waals surface area (Å²) >= 11 is 0. The Kier molecular flexibility index (Phi) is 8.11. The molecule has 0 amide bonds. The van der Waals surface area contributed by atoms with Gasteiger partial charge in [0, 0.05) is 33.0 Å². The molecule has 12 rings (SSSR count). The maximum atomic E-state index is 6.67. The molecule has 0 atom stereocenters. The Labute approximate surface area is 355 Å². The fourth-order valence-corrected chi connectivity index (χ4v) is 10.2. The first-order valence-electron chi connectivity index (χ1n) is 21.0. The van der Waals surface area contributed by atoms with Gasteiger partial charge in [0.2, 0.25) is 0 Å². The van der Waals surface area contributed by atoms with E-state index >= 15 is 0 Å². The largest absolute Gasteiger partial charge is 0.455 e. The molecule has 0 saturated carbocycles.